The highest BCUT2D eigenvalue weighted by Gasteiger charge is 2.30. The lowest BCUT2D eigenvalue weighted by Crippen LogP contribution is -2.35. The summed E-state index contributed by atoms with van der Waals surface area (Å²) in [7, 11) is 3.15. The molecule has 3 aromatic rings. The molecule has 180 valence electrons. The maximum absolute atomic E-state index is 14.3. The van der Waals surface area contributed by atoms with Gasteiger partial charge in [-0.2, -0.15) is 0 Å². The van der Waals surface area contributed by atoms with Gasteiger partial charge in [-0.25, -0.2) is 4.39 Å². The predicted octanol–water partition coefficient (Wildman–Crippen LogP) is 4.72. The van der Waals surface area contributed by atoms with E-state index in [1.807, 2.05) is 42.5 Å². The molecular formula is C27H25FN2O4S. The van der Waals surface area contributed by atoms with Gasteiger partial charge in [0.05, 0.1) is 31.4 Å². The fourth-order valence-corrected chi connectivity index (χ4v) is 4.78. The van der Waals surface area contributed by atoms with Crippen LogP contribution in [0.4, 0.5) is 10.1 Å². The van der Waals surface area contributed by atoms with E-state index in [1.165, 1.54) is 28.8 Å². The molecule has 6 nitrogen and oxygen atoms in total. The van der Waals surface area contributed by atoms with E-state index < -0.39 is 0 Å². The maximum Gasteiger partial charge on any atom is 0.265 e. The molecule has 1 aliphatic heterocycles. The van der Waals surface area contributed by atoms with Crippen molar-refractivity contribution in [3.05, 3.63) is 94.7 Å². The number of fused-ring (bicyclic) bond motifs is 1. The van der Waals surface area contributed by atoms with Crippen LogP contribution in [0.3, 0.4) is 0 Å². The number of nitrogens with zero attached hydrogens (tertiary/aromatic N) is 1. The number of ether oxygens (including phenoxy) is 2. The van der Waals surface area contributed by atoms with Crippen molar-refractivity contribution >= 4 is 29.3 Å². The summed E-state index contributed by atoms with van der Waals surface area (Å²) in [5, 5.41) is 2.83. The van der Waals surface area contributed by atoms with E-state index in [2.05, 4.69) is 5.32 Å². The third-order valence-electron chi connectivity index (χ3n) is 5.54. The highest BCUT2D eigenvalue weighted by atomic mass is 32.2. The van der Waals surface area contributed by atoms with Gasteiger partial charge in [0.15, 0.2) is 11.5 Å². The molecule has 0 saturated carbocycles. The first-order valence-electron chi connectivity index (χ1n) is 11.0. The van der Waals surface area contributed by atoms with E-state index in [-0.39, 0.29) is 29.1 Å². The normalized spacial score (nSPS) is 14.0. The molecule has 0 saturated heterocycles. The fourth-order valence-electron chi connectivity index (χ4n) is 3.75. The lowest BCUT2D eigenvalue weighted by molar-refractivity contribution is -0.118. The third kappa shape index (κ3) is 5.66. The number of anilines is 1. The molecule has 0 spiro atoms. The van der Waals surface area contributed by atoms with E-state index in [0.29, 0.717) is 35.7 Å². The number of halogens is 1. The van der Waals surface area contributed by atoms with Crippen molar-refractivity contribution in [3.8, 4) is 11.5 Å². The quantitative estimate of drug-likeness (QED) is 0.461. The Morgan fingerprint density at radius 2 is 1.77 bits per heavy atom. The fraction of sp³-hybridized carbons (Fsp3) is 0.185. The summed E-state index contributed by atoms with van der Waals surface area (Å²) in [4.78, 5) is 28.5. The molecule has 35 heavy (non-hydrogen) atoms. The number of hydrogen-bond acceptors (Lipinski definition) is 5. The highest BCUT2D eigenvalue weighted by molar-refractivity contribution is 8.04. The molecule has 8 heteroatoms. The van der Waals surface area contributed by atoms with Crippen LogP contribution in [0.15, 0.2) is 82.6 Å². The number of para-hydroxylation sites is 1. The van der Waals surface area contributed by atoms with E-state index in [0.717, 1.165) is 10.5 Å². The summed E-state index contributed by atoms with van der Waals surface area (Å²) in [6.45, 7) is 0.452. The summed E-state index contributed by atoms with van der Waals surface area (Å²) in [5.41, 5.74) is 2.07. The van der Waals surface area contributed by atoms with Crippen LogP contribution in [-0.2, 0) is 22.6 Å². The van der Waals surface area contributed by atoms with E-state index in [4.69, 9.17) is 9.47 Å². The monoisotopic (exact) mass is 492 g/mol. The average molecular weight is 493 g/mol. The van der Waals surface area contributed by atoms with Crippen molar-refractivity contribution in [2.24, 2.45) is 0 Å². The van der Waals surface area contributed by atoms with Crippen LogP contribution in [0.1, 0.15) is 11.1 Å². The largest absolute Gasteiger partial charge is 0.493 e. The van der Waals surface area contributed by atoms with Gasteiger partial charge in [0, 0.05) is 23.1 Å². The molecule has 0 unspecified atom stereocenters. The minimum absolute atomic E-state index is 0.0708. The van der Waals surface area contributed by atoms with Gasteiger partial charge < -0.3 is 19.7 Å². The number of rotatable bonds is 8. The summed E-state index contributed by atoms with van der Waals surface area (Å²) >= 11 is 1.24. The molecule has 1 N–H and O–H groups in total. The van der Waals surface area contributed by atoms with Gasteiger partial charge in [0.2, 0.25) is 5.91 Å². The van der Waals surface area contributed by atoms with Crippen molar-refractivity contribution in [1.82, 2.24) is 5.32 Å². The number of thioether (sulfide) groups is 1. The second-order valence-electron chi connectivity index (χ2n) is 7.79. The predicted molar refractivity (Wildman–Crippen MR) is 134 cm³/mol. The summed E-state index contributed by atoms with van der Waals surface area (Å²) in [5.74, 6) is 0.169. The molecule has 4 rings (SSSR count). The molecule has 0 aromatic heterocycles. The van der Waals surface area contributed by atoms with Crippen molar-refractivity contribution in [1.29, 1.82) is 0 Å². The molecule has 1 aliphatic rings. The molecular weight excluding hydrogens is 467 g/mol. The van der Waals surface area contributed by atoms with Gasteiger partial charge in [-0.05, 0) is 42.3 Å². The van der Waals surface area contributed by atoms with Crippen molar-refractivity contribution in [2.75, 3.05) is 25.7 Å². The van der Waals surface area contributed by atoms with Crippen LogP contribution in [0.2, 0.25) is 0 Å². The van der Waals surface area contributed by atoms with Gasteiger partial charge >= 0.3 is 0 Å². The molecule has 0 atom stereocenters. The topological polar surface area (TPSA) is 67.9 Å². The van der Waals surface area contributed by atoms with Gasteiger partial charge in [0.25, 0.3) is 5.91 Å². The Morgan fingerprint density at radius 3 is 2.54 bits per heavy atom. The molecule has 3 aromatic carbocycles. The SMILES string of the molecule is COc1ccc(CCNC(=O)C=C2Sc3ccccc3N(Cc3ccccc3F)C2=O)cc1OC. The number of benzene rings is 3. The van der Waals surface area contributed by atoms with Crippen LogP contribution in [0, 0.1) is 5.82 Å². The number of amides is 2. The van der Waals surface area contributed by atoms with Crippen molar-refractivity contribution in [3.63, 3.8) is 0 Å². The lowest BCUT2D eigenvalue weighted by Gasteiger charge is -2.30. The number of carbonyl (C=O) groups is 2. The Bertz CT molecular complexity index is 1280. The minimum atomic E-state index is -0.380. The standard InChI is InChI=1S/C27H25FN2O4S/c1-33-22-12-11-18(15-23(22)34-2)13-14-29-26(31)16-25-27(32)30(17-19-7-3-4-8-20(19)28)21-9-5-6-10-24(21)35-25/h3-12,15-16H,13-14,17H2,1-2H3,(H,29,31). The minimum Gasteiger partial charge on any atom is -0.493 e. The number of methoxy groups -OCH3 is 2. The van der Waals surface area contributed by atoms with Crippen molar-refractivity contribution in [2.45, 2.75) is 17.9 Å². The highest BCUT2D eigenvalue weighted by Crippen LogP contribution is 2.42. The number of hydrogen-bond donors (Lipinski definition) is 1. The summed E-state index contributed by atoms with van der Waals surface area (Å²) < 4.78 is 24.8. The first-order valence-corrected chi connectivity index (χ1v) is 11.8. The van der Waals surface area contributed by atoms with Gasteiger partial charge in [-0.15, -0.1) is 0 Å². The zero-order valence-corrected chi connectivity index (χ0v) is 20.2. The van der Waals surface area contributed by atoms with Crippen LogP contribution in [0.5, 0.6) is 11.5 Å². The summed E-state index contributed by atoms with van der Waals surface area (Å²) in [6, 6.07) is 19.3. The Hall–Kier alpha value is -3.78. The zero-order chi connectivity index (χ0) is 24.8. The van der Waals surface area contributed by atoms with E-state index in [9.17, 15) is 14.0 Å². The van der Waals surface area contributed by atoms with Crippen LogP contribution in [-0.4, -0.2) is 32.6 Å². The summed E-state index contributed by atoms with van der Waals surface area (Å²) in [6.07, 6.45) is 1.89. The average Bonchev–Trinajstić information content (AvgIpc) is 2.87. The zero-order valence-electron chi connectivity index (χ0n) is 19.4. The number of carbonyl (C=O) groups excluding carboxylic acids is 2. The van der Waals surface area contributed by atoms with Crippen molar-refractivity contribution < 1.29 is 23.5 Å². The molecule has 0 bridgehead atoms. The van der Waals surface area contributed by atoms with Crippen LogP contribution in [0.25, 0.3) is 0 Å². The van der Waals surface area contributed by atoms with Crippen LogP contribution < -0.4 is 19.7 Å². The maximum atomic E-state index is 14.3. The van der Waals surface area contributed by atoms with E-state index >= 15 is 0 Å². The molecule has 0 aliphatic carbocycles. The van der Waals surface area contributed by atoms with E-state index in [1.54, 1.807) is 32.4 Å². The lowest BCUT2D eigenvalue weighted by atomic mass is 10.1. The first kappa shape index (κ1) is 24.3. The Labute approximate surface area is 207 Å². The molecule has 1 heterocycles. The Morgan fingerprint density at radius 1 is 1.03 bits per heavy atom. The molecule has 0 fully saturated rings. The Kier molecular flexibility index (Phi) is 7.72. The molecule has 2 amide bonds. The van der Waals surface area contributed by atoms with Crippen LogP contribution >= 0.6 is 11.8 Å². The Balaban J connectivity index is 1.46. The number of nitrogens with one attached hydrogen (secondary N) is 1. The van der Waals surface area contributed by atoms with Gasteiger partial charge in [-0.1, -0.05) is 48.2 Å². The molecule has 0 radical (unpaired) electrons. The van der Waals surface area contributed by atoms with Gasteiger partial charge in [0.1, 0.15) is 5.82 Å². The first-order chi connectivity index (χ1) is 17.0. The van der Waals surface area contributed by atoms with Gasteiger partial charge in [-0.3, -0.25) is 9.59 Å². The second-order valence-corrected chi connectivity index (χ2v) is 8.88. The third-order valence-corrected chi connectivity index (χ3v) is 6.62. The smallest absolute Gasteiger partial charge is 0.265 e. The second kappa shape index (κ2) is 11.1.